The van der Waals surface area contributed by atoms with E-state index in [0.29, 0.717) is 18.0 Å². The van der Waals surface area contributed by atoms with Gasteiger partial charge in [-0.3, -0.25) is 14.6 Å². The molecule has 1 saturated heterocycles. The Hall–Kier alpha value is -3.88. The third-order valence-corrected chi connectivity index (χ3v) is 6.82. The molecule has 0 aromatic heterocycles. The number of hydrogen-bond donors (Lipinski definition) is 1. The number of nitrogens with one attached hydrogen (secondary N) is 1. The van der Waals surface area contributed by atoms with E-state index in [0.717, 1.165) is 11.3 Å². The molecule has 2 heterocycles. The predicted molar refractivity (Wildman–Crippen MR) is 137 cm³/mol. The number of amides is 2. The number of nitrogens with zero attached hydrogens (tertiary/aromatic N) is 3. The summed E-state index contributed by atoms with van der Waals surface area (Å²) in [4.78, 5) is 40.9. The van der Waals surface area contributed by atoms with E-state index >= 15 is 0 Å². The summed E-state index contributed by atoms with van der Waals surface area (Å²) >= 11 is 0. The van der Waals surface area contributed by atoms with Gasteiger partial charge >= 0.3 is 12.0 Å². The van der Waals surface area contributed by atoms with Crippen molar-refractivity contribution in [1.29, 1.82) is 0 Å². The van der Waals surface area contributed by atoms with Crippen LogP contribution in [-0.2, 0) is 14.3 Å². The van der Waals surface area contributed by atoms with E-state index in [1.54, 1.807) is 19.0 Å². The second kappa shape index (κ2) is 10.4. The highest BCUT2D eigenvalue weighted by atomic mass is 16.5. The molecule has 4 rings (SSSR count). The van der Waals surface area contributed by atoms with Crippen LogP contribution in [0.3, 0.4) is 0 Å². The number of urea groups is 1. The second-order valence-electron chi connectivity index (χ2n) is 9.34. The smallest absolute Gasteiger partial charge is 0.327 e. The molecule has 1 N–H and O–H groups in total. The number of aryl methyl sites for hydroxylation is 1. The molecule has 9 nitrogen and oxygen atoms in total. The molecule has 2 aliphatic rings. The quantitative estimate of drug-likeness (QED) is 0.496. The van der Waals surface area contributed by atoms with Gasteiger partial charge in [-0.2, -0.15) is 0 Å². The van der Waals surface area contributed by atoms with Gasteiger partial charge in [0.1, 0.15) is 11.2 Å². The fraction of sp³-hybridized carbons (Fsp3) is 0.407. The first kappa shape index (κ1) is 25.2. The highest BCUT2D eigenvalue weighted by molar-refractivity contribution is 6.09. The third-order valence-electron chi connectivity index (χ3n) is 6.82. The fourth-order valence-electron chi connectivity index (χ4n) is 4.46. The summed E-state index contributed by atoms with van der Waals surface area (Å²) in [5.74, 6) is -0.0906. The van der Waals surface area contributed by atoms with Gasteiger partial charge in [0.05, 0.1) is 25.3 Å². The number of carbonyl (C=O) groups is 3. The van der Waals surface area contributed by atoms with Crippen molar-refractivity contribution < 1.29 is 23.9 Å². The number of piperidine rings is 1. The monoisotopic (exact) mass is 492 g/mol. The number of hydrazone groups is 1. The van der Waals surface area contributed by atoms with E-state index in [4.69, 9.17) is 9.47 Å². The van der Waals surface area contributed by atoms with E-state index in [1.165, 1.54) is 4.90 Å². The number of hydrogen-bond acceptors (Lipinski definition) is 7. The van der Waals surface area contributed by atoms with Gasteiger partial charge in [-0.1, -0.05) is 37.6 Å². The molecular weight excluding hydrogens is 460 g/mol. The van der Waals surface area contributed by atoms with Crippen molar-refractivity contribution in [2.45, 2.75) is 33.6 Å². The molecule has 190 valence electrons. The summed E-state index contributed by atoms with van der Waals surface area (Å²) in [6.07, 6.45) is 0.308. The zero-order valence-electron chi connectivity index (χ0n) is 21.1. The number of methoxy groups -OCH3 is 1. The van der Waals surface area contributed by atoms with Crippen LogP contribution in [0.1, 0.15) is 32.3 Å². The lowest BCUT2D eigenvalue weighted by Crippen LogP contribution is -2.56. The summed E-state index contributed by atoms with van der Waals surface area (Å²) in [6, 6.07) is 14.5. The van der Waals surface area contributed by atoms with Crippen molar-refractivity contribution in [3.63, 3.8) is 0 Å². The van der Waals surface area contributed by atoms with E-state index in [9.17, 15) is 14.4 Å². The highest BCUT2D eigenvalue weighted by Crippen LogP contribution is 2.34. The van der Waals surface area contributed by atoms with Crippen LogP contribution >= 0.6 is 0 Å². The Balaban J connectivity index is 1.49. The minimum atomic E-state index is -1.44. The summed E-state index contributed by atoms with van der Waals surface area (Å²) < 4.78 is 11.0. The molecule has 2 aromatic carbocycles. The molecule has 0 aliphatic carbocycles. The Labute approximate surface area is 211 Å². The molecule has 36 heavy (non-hydrogen) atoms. The maximum atomic E-state index is 13.4. The zero-order valence-corrected chi connectivity index (χ0v) is 21.1. The molecule has 2 unspecified atom stereocenters. The average molecular weight is 493 g/mol. The van der Waals surface area contributed by atoms with E-state index in [2.05, 4.69) is 10.4 Å². The Morgan fingerprint density at radius 3 is 2.64 bits per heavy atom. The molecule has 2 aliphatic heterocycles. The van der Waals surface area contributed by atoms with Gasteiger partial charge in [0.15, 0.2) is 5.78 Å². The molecular formula is C27H32N4O5. The standard InChI is InChI=1S/C27H32N4O5/c1-5-27(17-30(14-13-23(27)32)26(34)28-20-11-9-18(2)10-12-20)25(33)36-24-19(3)16-31(29-24)21-7-6-8-22(15-21)35-4/h6-12,15,19H,5,13-14,16-17H2,1-4H3,(H,28,34). The normalized spacial score (nSPS) is 21.7. The molecule has 0 bridgehead atoms. The minimum Gasteiger partial charge on any atom is -0.497 e. The lowest BCUT2D eigenvalue weighted by Gasteiger charge is -2.39. The SMILES string of the molecule is CCC1(C(=O)OC2=NN(c3cccc(OC)c3)CC2C)CN(C(=O)Nc2ccc(C)cc2)CCC1=O. The number of Topliss-reactive ketones (excluding diaryl/α,β-unsaturated/α-hetero) is 1. The van der Waals surface area contributed by atoms with Gasteiger partial charge in [0.25, 0.3) is 0 Å². The molecule has 9 heteroatoms. The largest absolute Gasteiger partial charge is 0.497 e. The van der Waals surface area contributed by atoms with E-state index < -0.39 is 11.4 Å². The van der Waals surface area contributed by atoms with E-state index in [1.807, 2.05) is 62.4 Å². The zero-order chi connectivity index (χ0) is 25.9. The van der Waals surface area contributed by atoms with Gasteiger partial charge in [-0.25, -0.2) is 4.79 Å². The third kappa shape index (κ3) is 5.05. The van der Waals surface area contributed by atoms with Crippen LogP contribution in [0.15, 0.2) is 53.6 Å². The Bertz CT molecular complexity index is 1180. The van der Waals surface area contributed by atoms with Crippen LogP contribution in [0.5, 0.6) is 5.75 Å². The average Bonchev–Trinajstić information content (AvgIpc) is 3.25. The number of ketones is 1. The second-order valence-corrected chi connectivity index (χ2v) is 9.34. The van der Waals surface area contributed by atoms with Crippen molar-refractivity contribution in [1.82, 2.24) is 4.90 Å². The first-order valence-electron chi connectivity index (χ1n) is 12.1. The maximum Gasteiger partial charge on any atom is 0.327 e. The molecule has 2 atom stereocenters. The molecule has 2 aromatic rings. The summed E-state index contributed by atoms with van der Waals surface area (Å²) in [5.41, 5.74) is 1.11. The number of ether oxygens (including phenoxy) is 2. The van der Waals surface area contributed by atoms with E-state index in [-0.39, 0.29) is 49.6 Å². The minimum absolute atomic E-state index is 0.0415. The summed E-state index contributed by atoms with van der Waals surface area (Å²) in [6.45, 7) is 6.37. The fourth-order valence-corrected chi connectivity index (χ4v) is 4.46. The van der Waals surface area contributed by atoms with Crippen molar-refractivity contribution >= 4 is 35.1 Å². The molecule has 2 amide bonds. The Morgan fingerprint density at radius 1 is 1.19 bits per heavy atom. The first-order chi connectivity index (χ1) is 17.3. The van der Waals surface area contributed by atoms with Gasteiger partial charge in [-0.15, -0.1) is 5.10 Å². The first-order valence-corrected chi connectivity index (χ1v) is 12.1. The molecule has 1 fully saturated rings. The maximum absolute atomic E-state index is 13.4. The summed E-state index contributed by atoms with van der Waals surface area (Å²) in [5, 5.41) is 9.10. The van der Waals surface area contributed by atoms with Crippen molar-refractivity contribution in [2.75, 3.05) is 37.1 Å². The molecule has 0 radical (unpaired) electrons. The number of rotatable bonds is 5. The number of esters is 1. The van der Waals surface area contributed by atoms with Gasteiger partial charge in [-0.05, 0) is 37.6 Å². The number of likely N-dealkylation sites (tertiary alicyclic amines) is 1. The Kier molecular flexibility index (Phi) is 7.28. The van der Waals surface area contributed by atoms with Crippen LogP contribution < -0.4 is 15.1 Å². The summed E-state index contributed by atoms with van der Waals surface area (Å²) in [7, 11) is 1.60. The molecule has 0 spiro atoms. The predicted octanol–water partition coefficient (Wildman–Crippen LogP) is 4.22. The Morgan fingerprint density at radius 2 is 1.94 bits per heavy atom. The van der Waals surface area contributed by atoms with Crippen molar-refractivity contribution in [3.05, 3.63) is 54.1 Å². The number of benzene rings is 2. The molecule has 0 saturated carbocycles. The van der Waals surface area contributed by atoms with Crippen LogP contribution in [-0.4, -0.2) is 55.3 Å². The highest BCUT2D eigenvalue weighted by Gasteiger charge is 2.51. The van der Waals surface area contributed by atoms with Crippen LogP contribution in [0.2, 0.25) is 0 Å². The van der Waals surface area contributed by atoms with Crippen LogP contribution in [0, 0.1) is 18.3 Å². The van der Waals surface area contributed by atoms with Gasteiger partial charge in [0, 0.05) is 31.3 Å². The van der Waals surface area contributed by atoms with Crippen molar-refractivity contribution in [3.8, 4) is 5.75 Å². The van der Waals surface area contributed by atoms with Crippen LogP contribution in [0.4, 0.5) is 16.2 Å². The van der Waals surface area contributed by atoms with Gasteiger partial charge < -0.3 is 19.7 Å². The lowest BCUT2D eigenvalue weighted by atomic mass is 9.76. The van der Waals surface area contributed by atoms with Crippen molar-refractivity contribution in [2.24, 2.45) is 16.4 Å². The topological polar surface area (TPSA) is 101 Å². The number of anilines is 2. The lowest BCUT2D eigenvalue weighted by molar-refractivity contribution is -0.157. The van der Waals surface area contributed by atoms with Gasteiger partial charge in [0.2, 0.25) is 5.90 Å². The van der Waals surface area contributed by atoms with Crippen LogP contribution in [0.25, 0.3) is 0 Å². The number of carbonyl (C=O) groups excluding carboxylic acids is 3.